The average molecular weight is 521 g/mol. The van der Waals surface area contributed by atoms with Crippen molar-refractivity contribution >= 4 is 23.4 Å². The molecule has 196 valence electrons. The van der Waals surface area contributed by atoms with Crippen LogP contribution in [0.4, 0.5) is 0 Å². The number of carbonyl (C=O) groups excluding carboxylic acids is 2. The maximum atomic E-state index is 13.6. The van der Waals surface area contributed by atoms with Crippen molar-refractivity contribution in [2.45, 2.75) is 65.1 Å². The Bertz CT molecular complexity index is 1170. The number of halogens is 1. The van der Waals surface area contributed by atoms with Gasteiger partial charge in [-0.25, -0.2) is 0 Å². The lowest BCUT2D eigenvalue weighted by molar-refractivity contribution is -0.143. The van der Waals surface area contributed by atoms with Gasteiger partial charge in [0.05, 0.1) is 0 Å². The minimum atomic E-state index is -0.719. The molecule has 0 fully saturated rings. The molecule has 0 bridgehead atoms. The van der Waals surface area contributed by atoms with Gasteiger partial charge in [-0.2, -0.15) is 0 Å². The molecule has 5 nitrogen and oxygen atoms in total. The van der Waals surface area contributed by atoms with Gasteiger partial charge in [0, 0.05) is 24.0 Å². The van der Waals surface area contributed by atoms with Crippen LogP contribution in [0.1, 0.15) is 51.3 Å². The zero-order valence-corrected chi connectivity index (χ0v) is 23.1. The molecule has 0 unspecified atom stereocenters. The molecule has 0 saturated heterocycles. The molecule has 3 aromatic carbocycles. The number of rotatable bonds is 10. The first-order valence-electron chi connectivity index (χ1n) is 12.6. The maximum absolute atomic E-state index is 13.6. The largest absolute Gasteiger partial charge is 0.484 e. The minimum Gasteiger partial charge on any atom is -0.484 e. The number of nitrogens with one attached hydrogen (secondary N) is 1. The van der Waals surface area contributed by atoms with E-state index < -0.39 is 6.04 Å². The predicted molar refractivity (Wildman–Crippen MR) is 150 cm³/mol. The summed E-state index contributed by atoms with van der Waals surface area (Å²) in [6.07, 6.45) is 0.381. The normalized spacial score (nSPS) is 12.2. The lowest BCUT2D eigenvalue weighted by atomic mass is 9.87. The van der Waals surface area contributed by atoms with Gasteiger partial charge in [0.25, 0.3) is 5.91 Å². The van der Waals surface area contributed by atoms with E-state index in [2.05, 4.69) is 26.1 Å². The number of hydrogen-bond acceptors (Lipinski definition) is 3. The van der Waals surface area contributed by atoms with Crippen molar-refractivity contribution in [3.63, 3.8) is 0 Å². The monoisotopic (exact) mass is 520 g/mol. The Balaban J connectivity index is 1.88. The molecule has 6 heteroatoms. The molecular formula is C31H37ClN2O3. The molecule has 37 heavy (non-hydrogen) atoms. The third-order valence-corrected chi connectivity index (χ3v) is 6.26. The van der Waals surface area contributed by atoms with Crippen LogP contribution in [0.2, 0.25) is 5.02 Å². The Morgan fingerprint density at radius 2 is 1.57 bits per heavy atom. The molecule has 0 saturated carbocycles. The summed E-state index contributed by atoms with van der Waals surface area (Å²) in [5, 5.41) is 3.57. The summed E-state index contributed by atoms with van der Waals surface area (Å²) in [4.78, 5) is 28.6. The first-order valence-corrected chi connectivity index (χ1v) is 13.0. The van der Waals surface area contributed by atoms with Crippen LogP contribution >= 0.6 is 11.6 Å². The number of ether oxygens (including phenoxy) is 1. The van der Waals surface area contributed by atoms with Crippen LogP contribution in [0.3, 0.4) is 0 Å². The summed E-state index contributed by atoms with van der Waals surface area (Å²) < 4.78 is 5.89. The molecule has 0 aliphatic rings. The van der Waals surface area contributed by atoms with Crippen LogP contribution in [0.15, 0.2) is 78.9 Å². The fraction of sp³-hybridized carbons (Fsp3) is 0.355. The molecule has 0 aliphatic carbocycles. The van der Waals surface area contributed by atoms with Gasteiger partial charge in [0.1, 0.15) is 11.8 Å². The molecule has 0 radical (unpaired) electrons. The maximum Gasteiger partial charge on any atom is 0.261 e. The molecule has 1 atom stereocenters. The zero-order chi connectivity index (χ0) is 27.0. The third-order valence-electron chi connectivity index (χ3n) is 6.03. The lowest BCUT2D eigenvalue weighted by Gasteiger charge is -2.32. The van der Waals surface area contributed by atoms with Gasteiger partial charge in [0.15, 0.2) is 6.61 Å². The van der Waals surface area contributed by atoms with E-state index in [-0.39, 0.29) is 36.4 Å². The van der Waals surface area contributed by atoms with E-state index in [0.29, 0.717) is 17.2 Å². The predicted octanol–water partition coefficient (Wildman–Crippen LogP) is 6.18. The van der Waals surface area contributed by atoms with E-state index in [9.17, 15) is 9.59 Å². The summed E-state index contributed by atoms with van der Waals surface area (Å²) in [5.41, 5.74) is 3.01. The second-order valence-electron chi connectivity index (χ2n) is 10.6. The molecule has 1 N–H and O–H groups in total. The van der Waals surface area contributed by atoms with Crippen molar-refractivity contribution in [3.8, 4) is 5.75 Å². The summed E-state index contributed by atoms with van der Waals surface area (Å²) in [5.74, 6) is 0.124. The summed E-state index contributed by atoms with van der Waals surface area (Å²) in [6.45, 7) is 10.3. The fourth-order valence-electron chi connectivity index (χ4n) is 4.05. The number of carbonyl (C=O) groups is 2. The van der Waals surface area contributed by atoms with Crippen molar-refractivity contribution in [2.24, 2.45) is 0 Å². The van der Waals surface area contributed by atoms with Gasteiger partial charge < -0.3 is 15.0 Å². The molecule has 0 aliphatic heterocycles. The summed E-state index contributed by atoms with van der Waals surface area (Å²) in [7, 11) is 0. The van der Waals surface area contributed by atoms with Crippen LogP contribution in [-0.2, 0) is 28.0 Å². The Morgan fingerprint density at radius 1 is 0.919 bits per heavy atom. The van der Waals surface area contributed by atoms with E-state index >= 15 is 0 Å². The average Bonchev–Trinajstić information content (AvgIpc) is 2.84. The lowest BCUT2D eigenvalue weighted by Crippen LogP contribution is -2.52. The second kappa shape index (κ2) is 12.8. The smallest absolute Gasteiger partial charge is 0.261 e. The number of hydrogen-bond donors (Lipinski definition) is 1. The van der Waals surface area contributed by atoms with Crippen molar-refractivity contribution in [3.05, 3.63) is 101 Å². The van der Waals surface area contributed by atoms with Crippen LogP contribution in [-0.4, -0.2) is 35.4 Å². The molecule has 0 aromatic heterocycles. The molecule has 3 rings (SSSR count). The minimum absolute atomic E-state index is 0.0243. The summed E-state index contributed by atoms with van der Waals surface area (Å²) >= 11 is 6.23. The quantitative estimate of drug-likeness (QED) is 0.347. The Kier molecular flexibility index (Phi) is 9.76. The number of benzene rings is 3. The molecule has 3 aromatic rings. The molecule has 0 heterocycles. The highest BCUT2D eigenvalue weighted by Crippen LogP contribution is 2.24. The first kappa shape index (κ1) is 28.3. The van der Waals surface area contributed by atoms with Crippen LogP contribution in [0, 0.1) is 0 Å². The Hall–Kier alpha value is -3.31. The van der Waals surface area contributed by atoms with Gasteiger partial charge in [-0.1, -0.05) is 87.0 Å². The standard InChI is InChI=1S/C31H37ClN2O3/c1-22(2)33-30(36)28(19-23-10-7-6-8-11-23)34(20-24-12-9-13-26(32)18-24)29(35)21-37-27-16-14-25(15-17-27)31(3,4)5/h6-18,22,28H,19-21H2,1-5H3,(H,33,36)/t28-/m0/s1. The van der Waals surface area contributed by atoms with Crippen LogP contribution < -0.4 is 10.1 Å². The second-order valence-corrected chi connectivity index (χ2v) is 11.0. The van der Waals surface area contributed by atoms with Gasteiger partial charge in [-0.3, -0.25) is 9.59 Å². The highest BCUT2D eigenvalue weighted by atomic mass is 35.5. The van der Waals surface area contributed by atoms with Crippen molar-refractivity contribution in [1.29, 1.82) is 0 Å². The van der Waals surface area contributed by atoms with Crippen LogP contribution in [0.5, 0.6) is 5.75 Å². The van der Waals surface area contributed by atoms with Gasteiger partial charge >= 0.3 is 0 Å². The van der Waals surface area contributed by atoms with E-state index in [1.165, 1.54) is 5.56 Å². The van der Waals surface area contributed by atoms with Crippen molar-refractivity contribution < 1.29 is 14.3 Å². The van der Waals surface area contributed by atoms with E-state index in [0.717, 1.165) is 11.1 Å². The number of amides is 2. The van der Waals surface area contributed by atoms with Crippen molar-refractivity contribution in [2.75, 3.05) is 6.61 Å². The van der Waals surface area contributed by atoms with E-state index in [1.54, 1.807) is 11.0 Å². The fourth-order valence-corrected chi connectivity index (χ4v) is 4.26. The van der Waals surface area contributed by atoms with E-state index in [4.69, 9.17) is 16.3 Å². The highest BCUT2D eigenvalue weighted by Gasteiger charge is 2.31. The number of nitrogens with zero attached hydrogens (tertiary/aromatic N) is 1. The molecule has 2 amide bonds. The van der Waals surface area contributed by atoms with E-state index in [1.807, 2.05) is 86.6 Å². The third kappa shape index (κ3) is 8.64. The molecule has 0 spiro atoms. The van der Waals surface area contributed by atoms with Crippen molar-refractivity contribution in [1.82, 2.24) is 10.2 Å². The SMILES string of the molecule is CC(C)NC(=O)[C@H](Cc1ccccc1)N(Cc1cccc(Cl)c1)C(=O)COc1ccc(C(C)(C)C)cc1. The van der Waals surface area contributed by atoms with Gasteiger partial charge in [-0.05, 0) is 60.2 Å². The zero-order valence-electron chi connectivity index (χ0n) is 22.3. The summed E-state index contributed by atoms with van der Waals surface area (Å²) in [6, 6.07) is 24.1. The van der Waals surface area contributed by atoms with Gasteiger partial charge in [0.2, 0.25) is 5.91 Å². The molecular weight excluding hydrogens is 484 g/mol. The first-order chi connectivity index (χ1) is 17.5. The Labute approximate surface area is 225 Å². The van der Waals surface area contributed by atoms with Crippen LogP contribution in [0.25, 0.3) is 0 Å². The highest BCUT2D eigenvalue weighted by molar-refractivity contribution is 6.30. The Morgan fingerprint density at radius 3 is 2.16 bits per heavy atom. The topological polar surface area (TPSA) is 58.6 Å². The van der Waals surface area contributed by atoms with Gasteiger partial charge in [-0.15, -0.1) is 0 Å².